The van der Waals surface area contributed by atoms with Crippen LogP contribution in [-0.4, -0.2) is 47.0 Å². The van der Waals surface area contributed by atoms with Crippen molar-refractivity contribution in [1.82, 2.24) is 0 Å². The van der Waals surface area contributed by atoms with Crippen molar-refractivity contribution in [3.63, 3.8) is 0 Å². The topological polar surface area (TPSA) is 119 Å². The highest BCUT2D eigenvalue weighted by molar-refractivity contribution is 7.92. The number of amides is 1. The molecule has 0 saturated carbocycles. The van der Waals surface area contributed by atoms with Crippen LogP contribution in [0.1, 0.15) is 38.8 Å². The summed E-state index contributed by atoms with van der Waals surface area (Å²) < 4.78 is 37.9. The van der Waals surface area contributed by atoms with E-state index in [-0.39, 0.29) is 21.7 Å². The van der Waals surface area contributed by atoms with Crippen molar-refractivity contribution >= 4 is 39.2 Å². The molecule has 3 aromatic rings. The largest absolute Gasteiger partial charge is 0.465 e. The fourth-order valence-electron chi connectivity index (χ4n) is 3.69. The normalized spacial score (nSPS) is 10.9. The van der Waals surface area contributed by atoms with Crippen molar-refractivity contribution in [3.8, 4) is 0 Å². The van der Waals surface area contributed by atoms with Crippen LogP contribution in [-0.2, 0) is 30.7 Å². The van der Waals surface area contributed by atoms with Gasteiger partial charge in [-0.25, -0.2) is 18.0 Å². The summed E-state index contributed by atoms with van der Waals surface area (Å²) in [6.07, 6.45) is 0.543. The Hall–Kier alpha value is -4.18. The lowest BCUT2D eigenvalue weighted by Gasteiger charge is -2.26. The average Bonchev–Trinajstić information content (AvgIpc) is 2.90. The van der Waals surface area contributed by atoms with Crippen LogP contribution >= 0.6 is 0 Å². The highest BCUT2D eigenvalue weighted by atomic mass is 32.2. The Morgan fingerprint density at radius 2 is 1.43 bits per heavy atom. The van der Waals surface area contributed by atoms with E-state index in [9.17, 15) is 22.8 Å². The first-order valence-corrected chi connectivity index (χ1v) is 12.8. The molecule has 0 spiro atoms. The Morgan fingerprint density at radius 1 is 0.865 bits per heavy atom. The minimum atomic E-state index is -4.12. The van der Waals surface area contributed by atoms with Crippen LogP contribution in [0.25, 0.3) is 0 Å². The molecule has 0 aliphatic rings. The number of hydrogen-bond acceptors (Lipinski definition) is 7. The van der Waals surface area contributed by atoms with Gasteiger partial charge in [0.1, 0.15) is 6.54 Å². The van der Waals surface area contributed by atoms with Crippen LogP contribution in [0, 0.1) is 6.92 Å². The number of methoxy groups -OCH3 is 2. The molecule has 0 saturated heterocycles. The van der Waals surface area contributed by atoms with Gasteiger partial charge in [0.15, 0.2) is 0 Å². The standard InChI is InChI=1S/C27H28N2O7S/c1-5-19-8-6-7-9-24(19)29(37(33,34)23-12-10-18(2)11-13-23)17-25(30)28-22-15-20(26(31)35-3)14-21(16-22)27(32)36-4/h6-16H,5,17H2,1-4H3,(H,28,30). The van der Waals surface area contributed by atoms with Gasteiger partial charge in [-0.2, -0.15) is 0 Å². The number of hydrogen-bond donors (Lipinski definition) is 1. The number of aryl methyl sites for hydroxylation is 2. The number of anilines is 2. The van der Waals surface area contributed by atoms with E-state index in [0.29, 0.717) is 12.1 Å². The number of nitrogens with zero attached hydrogens (tertiary/aromatic N) is 1. The summed E-state index contributed by atoms with van der Waals surface area (Å²) >= 11 is 0. The molecule has 0 aliphatic heterocycles. The zero-order valence-electron chi connectivity index (χ0n) is 21.0. The predicted octanol–water partition coefficient (Wildman–Crippen LogP) is 3.96. The number of carbonyl (C=O) groups is 3. The molecule has 194 valence electrons. The van der Waals surface area contributed by atoms with Crippen LogP contribution in [0.3, 0.4) is 0 Å². The summed E-state index contributed by atoms with van der Waals surface area (Å²) in [5, 5.41) is 2.59. The van der Waals surface area contributed by atoms with Gasteiger partial charge in [0, 0.05) is 5.69 Å². The first-order valence-electron chi connectivity index (χ1n) is 11.4. The van der Waals surface area contributed by atoms with Gasteiger partial charge >= 0.3 is 11.9 Å². The molecular weight excluding hydrogens is 496 g/mol. The molecule has 1 amide bonds. The lowest BCUT2D eigenvalue weighted by molar-refractivity contribution is -0.114. The molecule has 0 heterocycles. The van der Waals surface area contributed by atoms with Gasteiger partial charge < -0.3 is 14.8 Å². The van der Waals surface area contributed by atoms with Crippen molar-refractivity contribution in [2.75, 3.05) is 30.4 Å². The van der Waals surface area contributed by atoms with E-state index >= 15 is 0 Å². The van der Waals surface area contributed by atoms with Gasteiger partial charge in [-0.15, -0.1) is 0 Å². The van der Waals surface area contributed by atoms with Gasteiger partial charge in [0.25, 0.3) is 10.0 Å². The van der Waals surface area contributed by atoms with Crippen molar-refractivity contribution < 1.29 is 32.3 Å². The maximum Gasteiger partial charge on any atom is 0.337 e. The van der Waals surface area contributed by atoms with E-state index in [4.69, 9.17) is 9.47 Å². The first-order chi connectivity index (χ1) is 17.6. The Morgan fingerprint density at radius 3 is 1.97 bits per heavy atom. The number of carbonyl (C=O) groups excluding carboxylic acids is 3. The van der Waals surface area contributed by atoms with E-state index in [1.165, 1.54) is 44.6 Å². The van der Waals surface area contributed by atoms with Gasteiger partial charge in [0.2, 0.25) is 5.91 Å². The summed E-state index contributed by atoms with van der Waals surface area (Å²) in [5.74, 6) is -2.12. The maximum atomic E-state index is 13.7. The van der Waals surface area contributed by atoms with E-state index < -0.39 is 34.4 Å². The quantitative estimate of drug-likeness (QED) is 0.421. The second-order valence-electron chi connectivity index (χ2n) is 8.14. The van der Waals surface area contributed by atoms with Crippen molar-refractivity contribution in [2.24, 2.45) is 0 Å². The predicted molar refractivity (Wildman–Crippen MR) is 139 cm³/mol. The number of rotatable bonds is 9. The number of esters is 2. The smallest absolute Gasteiger partial charge is 0.337 e. The average molecular weight is 525 g/mol. The summed E-state index contributed by atoms with van der Waals surface area (Å²) in [4.78, 5) is 37.4. The number of nitrogens with one attached hydrogen (secondary N) is 1. The van der Waals surface area contributed by atoms with Crippen LogP contribution < -0.4 is 9.62 Å². The monoisotopic (exact) mass is 524 g/mol. The molecule has 10 heteroatoms. The molecule has 3 rings (SSSR count). The van der Waals surface area contributed by atoms with Gasteiger partial charge in [0.05, 0.1) is 35.9 Å². The Bertz CT molecular complexity index is 1380. The van der Waals surface area contributed by atoms with E-state index in [0.717, 1.165) is 15.4 Å². The molecule has 0 radical (unpaired) electrons. The maximum absolute atomic E-state index is 13.7. The second-order valence-corrected chi connectivity index (χ2v) is 10.00. The molecule has 1 N–H and O–H groups in total. The Balaban J connectivity index is 2.01. The van der Waals surface area contributed by atoms with E-state index in [1.54, 1.807) is 36.4 Å². The molecule has 37 heavy (non-hydrogen) atoms. The molecule has 0 bridgehead atoms. The summed E-state index contributed by atoms with van der Waals surface area (Å²) in [6.45, 7) is 3.19. The minimum absolute atomic E-state index is 0.0150. The molecule has 0 aromatic heterocycles. The minimum Gasteiger partial charge on any atom is -0.465 e. The molecule has 3 aromatic carbocycles. The Labute approximate surface area is 216 Å². The third-order valence-corrected chi connectivity index (χ3v) is 7.37. The third kappa shape index (κ3) is 6.34. The van der Waals surface area contributed by atoms with Crippen LogP contribution in [0.2, 0.25) is 0 Å². The van der Waals surface area contributed by atoms with Crippen LogP contribution in [0.5, 0.6) is 0 Å². The van der Waals surface area contributed by atoms with Crippen molar-refractivity contribution in [2.45, 2.75) is 25.2 Å². The number of ether oxygens (including phenoxy) is 2. The van der Waals surface area contributed by atoms with Crippen LogP contribution in [0.4, 0.5) is 11.4 Å². The number of benzene rings is 3. The summed E-state index contributed by atoms with van der Waals surface area (Å²) in [7, 11) is -1.75. The fraction of sp³-hybridized carbons (Fsp3) is 0.222. The highest BCUT2D eigenvalue weighted by Crippen LogP contribution is 2.28. The van der Waals surface area contributed by atoms with Crippen molar-refractivity contribution in [3.05, 3.63) is 89.0 Å². The SMILES string of the molecule is CCc1ccccc1N(CC(=O)Nc1cc(C(=O)OC)cc(C(=O)OC)c1)S(=O)(=O)c1ccc(C)cc1. The fourth-order valence-corrected chi connectivity index (χ4v) is 5.15. The molecule has 0 fully saturated rings. The highest BCUT2D eigenvalue weighted by Gasteiger charge is 2.29. The lowest BCUT2D eigenvalue weighted by Crippen LogP contribution is -2.38. The molecule has 0 unspecified atom stereocenters. The lowest BCUT2D eigenvalue weighted by atomic mass is 10.1. The molecule has 0 aliphatic carbocycles. The Kier molecular flexibility index (Phi) is 8.67. The summed E-state index contributed by atoms with van der Waals surface area (Å²) in [5.41, 5.74) is 2.14. The zero-order chi connectivity index (χ0) is 27.2. The second kappa shape index (κ2) is 11.7. The molecule has 0 atom stereocenters. The summed E-state index contributed by atoms with van der Waals surface area (Å²) in [6, 6.07) is 17.2. The third-order valence-electron chi connectivity index (χ3n) is 5.60. The molecular formula is C27H28N2O7S. The van der Waals surface area contributed by atoms with E-state index in [1.807, 2.05) is 13.8 Å². The van der Waals surface area contributed by atoms with Gasteiger partial charge in [-0.05, 0) is 55.3 Å². The zero-order valence-corrected chi connectivity index (χ0v) is 21.8. The number of para-hydroxylation sites is 1. The van der Waals surface area contributed by atoms with Crippen LogP contribution in [0.15, 0.2) is 71.6 Å². The van der Waals surface area contributed by atoms with Crippen molar-refractivity contribution in [1.29, 1.82) is 0 Å². The molecule has 9 nitrogen and oxygen atoms in total. The van der Waals surface area contributed by atoms with Gasteiger partial charge in [-0.1, -0.05) is 42.8 Å². The van der Waals surface area contributed by atoms with Gasteiger partial charge in [-0.3, -0.25) is 9.10 Å². The van der Waals surface area contributed by atoms with E-state index in [2.05, 4.69) is 5.32 Å². The number of sulfonamides is 1. The first kappa shape index (κ1) is 27.4.